The molecule has 10 nitrogen and oxygen atoms in total. The maximum absolute atomic E-state index is 13.0. The monoisotopic (exact) mass is 617 g/mol. The zero-order chi connectivity index (χ0) is 29.9. The number of ether oxygens (including phenoxy) is 1. The average molecular weight is 618 g/mol. The summed E-state index contributed by atoms with van der Waals surface area (Å²) in [6, 6.07) is 12.3. The van der Waals surface area contributed by atoms with Gasteiger partial charge < -0.3 is 19.9 Å². The van der Waals surface area contributed by atoms with Gasteiger partial charge in [-0.3, -0.25) is 0 Å². The van der Waals surface area contributed by atoms with Crippen LogP contribution >= 0.6 is 0 Å². The molecule has 2 heterocycles. The highest BCUT2D eigenvalue weighted by molar-refractivity contribution is 7.90. The molecule has 0 aliphatic rings. The van der Waals surface area contributed by atoms with E-state index in [-0.39, 0.29) is 45.5 Å². The molecule has 0 radical (unpaired) electrons. The molecule has 1 unspecified atom stereocenters. The Bertz CT molecular complexity index is 1700. The largest absolute Gasteiger partial charge is 0.433 e. The van der Waals surface area contributed by atoms with Crippen LogP contribution in [0.2, 0.25) is 0 Å². The van der Waals surface area contributed by atoms with Crippen LogP contribution in [0.25, 0.3) is 22.3 Å². The summed E-state index contributed by atoms with van der Waals surface area (Å²) >= 11 is -2.15. The van der Waals surface area contributed by atoms with Gasteiger partial charge in [0.1, 0.15) is 22.7 Å². The van der Waals surface area contributed by atoms with E-state index in [1.807, 2.05) is 0 Å². The van der Waals surface area contributed by atoms with Gasteiger partial charge in [-0.05, 0) is 48.0 Å². The first kappa shape index (κ1) is 30.0. The molecule has 0 aliphatic heterocycles. The van der Waals surface area contributed by atoms with Crippen LogP contribution in [-0.4, -0.2) is 57.7 Å². The number of anilines is 2. The number of fused-ring (bicyclic) bond motifs is 1. The van der Waals surface area contributed by atoms with Crippen LogP contribution in [0, 0.1) is 0 Å². The van der Waals surface area contributed by atoms with Crippen molar-refractivity contribution >= 4 is 43.7 Å². The van der Waals surface area contributed by atoms with Gasteiger partial charge in [0.2, 0.25) is 5.95 Å². The van der Waals surface area contributed by atoms with Crippen molar-refractivity contribution in [3.05, 3.63) is 60.2 Å². The van der Waals surface area contributed by atoms with E-state index in [1.54, 1.807) is 12.1 Å². The highest BCUT2D eigenvalue weighted by Crippen LogP contribution is 2.32. The molecule has 1 atom stereocenters. The summed E-state index contributed by atoms with van der Waals surface area (Å²) in [5.41, 5.74) is 1.00. The molecule has 0 amide bonds. The number of aromatic nitrogens is 3. The van der Waals surface area contributed by atoms with Crippen LogP contribution in [0.3, 0.4) is 0 Å². The van der Waals surface area contributed by atoms with Gasteiger partial charge in [-0.15, -0.1) is 0 Å². The van der Waals surface area contributed by atoms with Crippen LogP contribution in [0.4, 0.5) is 33.7 Å². The Morgan fingerprint density at radius 3 is 2.32 bits per heavy atom. The second-order valence-corrected chi connectivity index (χ2v) is 11.4. The molecule has 0 spiro atoms. The molecule has 3 N–H and O–H groups in total. The van der Waals surface area contributed by atoms with Crippen molar-refractivity contribution in [2.24, 2.45) is 0 Å². The number of halogens is 5. The lowest BCUT2D eigenvalue weighted by molar-refractivity contribution is -0.115. The molecule has 2 aromatic carbocycles. The Morgan fingerprint density at radius 2 is 1.71 bits per heavy atom. The summed E-state index contributed by atoms with van der Waals surface area (Å²) in [6.45, 7) is -4.58. The number of sulfone groups is 1. The third-order valence-corrected chi connectivity index (χ3v) is 7.22. The summed E-state index contributed by atoms with van der Waals surface area (Å²) < 4.78 is 114. The normalized spacial score (nSPS) is 12.9. The van der Waals surface area contributed by atoms with Crippen molar-refractivity contribution in [1.29, 1.82) is 0 Å². The molecule has 0 saturated carbocycles. The predicted molar refractivity (Wildman–Crippen MR) is 140 cm³/mol. The molecule has 41 heavy (non-hydrogen) atoms. The first-order valence-corrected chi connectivity index (χ1v) is 14.4. The number of pyridine rings is 1. The first-order valence-electron chi connectivity index (χ1n) is 11.4. The molecule has 0 aliphatic carbocycles. The van der Waals surface area contributed by atoms with Crippen molar-refractivity contribution in [2.75, 3.05) is 23.4 Å². The minimum atomic E-state index is -4.60. The molecule has 218 valence electrons. The van der Waals surface area contributed by atoms with E-state index in [2.05, 4.69) is 30.3 Å². The van der Waals surface area contributed by atoms with Gasteiger partial charge in [-0.25, -0.2) is 22.6 Å². The third-order valence-electron chi connectivity index (χ3n) is 5.43. The van der Waals surface area contributed by atoms with Crippen molar-refractivity contribution in [1.82, 2.24) is 15.0 Å². The Labute approximate surface area is 232 Å². The highest BCUT2D eigenvalue weighted by Gasteiger charge is 2.28. The summed E-state index contributed by atoms with van der Waals surface area (Å²) in [5.74, 6) is -0.888. The van der Waals surface area contributed by atoms with E-state index in [9.17, 15) is 34.6 Å². The summed E-state index contributed by atoms with van der Waals surface area (Å²) in [5, 5.41) is 5.07. The fourth-order valence-corrected chi connectivity index (χ4v) is 4.81. The highest BCUT2D eigenvalue weighted by atomic mass is 32.2. The number of nitrogens with one attached hydrogen (secondary N) is 2. The number of alkyl halides is 5. The Kier molecular flexibility index (Phi) is 8.69. The molecular formula is C24H20F5N5O5S2. The molecule has 4 aromatic rings. The number of rotatable bonds is 10. The lowest BCUT2D eigenvalue weighted by Gasteiger charge is -2.14. The van der Waals surface area contributed by atoms with Gasteiger partial charge in [0.05, 0.1) is 16.1 Å². The summed E-state index contributed by atoms with van der Waals surface area (Å²) in [7, 11) is -4.01. The SMILES string of the molecule is CS(=O)(=O)c1cc(-c2ccc3nc(NCc4ccc(S(=O)O)cc4)nc(NCC(F)(F)F)c3n2)ccc1OC(F)F. The lowest BCUT2D eigenvalue weighted by atomic mass is 10.1. The van der Waals surface area contributed by atoms with Gasteiger partial charge in [-0.1, -0.05) is 12.1 Å². The molecule has 2 aromatic heterocycles. The summed E-state index contributed by atoms with van der Waals surface area (Å²) in [6.07, 6.45) is -3.79. The maximum Gasteiger partial charge on any atom is 0.405 e. The molecule has 0 fully saturated rings. The van der Waals surface area contributed by atoms with Crippen LogP contribution in [0.5, 0.6) is 5.75 Å². The van der Waals surface area contributed by atoms with E-state index < -0.39 is 50.9 Å². The fourth-order valence-electron chi connectivity index (χ4n) is 3.62. The van der Waals surface area contributed by atoms with E-state index in [1.165, 1.54) is 30.3 Å². The van der Waals surface area contributed by atoms with Crippen LogP contribution in [0.1, 0.15) is 5.56 Å². The predicted octanol–water partition coefficient (Wildman–Crippen LogP) is 4.86. The molecule has 4 rings (SSSR count). The third kappa shape index (κ3) is 7.83. The fraction of sp³-hybridized carbons (Fsp3) is 0.208. The Balaban J connectivity index is 1.72. The van der Waals surface area contributed by atoms with Crippen LogP contribution in [-0.2, 0) is 27.5 Å². The molecular weight excluding hydrogens is 597 g/mol. The Morgan fingerprint density at radius 1 is 1.00 bits per heavy atom. The Hall–Kier alpha value is -3.96. The quantitative estimate of drug-likeness (QED) is 0.167. The van der Waals surface area contributed by atoms with E-state index in [0.717, 1.165) is 18.4 Å². The smallest absolute Gasteiger partial charge is 0.405 e. The zero-order valence-electron chi connectivity index (χ0n) is 20.8. The lowest BCUT2D eigenvalue weighted by Crippen LogP contribution is -2.22. The average Bonchev–Trinajstić information content (AvgIpc) is 2.89. The minimum absolute atomic E-state index is 0.0422. The summed E-state index contributed by atoms with van der Waals surface area (Å²) in [4.78, 5) is 12.4. The molecule has 17 heteroatoms. The standard InChI is InChI=1S/C24H20F5N5O5S2/c1-41(37,38)19-10-14(4-9-18(19)39-22(25)26)16-7-8-17-20(32-16)21(31-12-24(27,28)29)34-23(33-17)30-11-13-2-5-15(6-3-13)40(35)36/h2-10,22H,11-12H2,1H3,(H,35,36)(H2,30,31,33,34). The van der Waals surface area contributed by atoms with Gasteiger partial charge in [-0.2, -0.15) is 26.9 Å². The number of benzene rings is 2. The van der Waals surface area contributed by atoms with Gasteiger partial charge in [0.15, 0.2) is 26.7 Å². The minimum Gasteiger partial charge on any atom is -0.433 e. The van der Waals surface area contributed by atoms with E-state index in [0.29, 0.717) is 5.56 Å². The van der Waals surface area contributed by atoms with Crippen molar-refractivity contribution in [2.45, 2.75) is 29.1 Å². The van der Waals surface area contributed by atoms with Crippen molar-refractivity contribution in [3.8, 4) is 17.0 Å². The van der Waals surface area contributed by atoms with Gasteiger partial charge in [0.25, 0.3) is 0 Å². The molecule has 0 bridgehead atoms. The van der Waals surface area contributed by atoms with Crippen molar-refractivity contribution in [3.63, 3.8) is 0 Å². The number of nitrogens with zero attached hydrogens (tertiary/aromatic N) is 3. The second-order valence-electron chi connectivity index (χ2n) is 8.49. The van der Waals surface area contributed by atoms with Gasteiger partial charge >= 0.3 is 12.8 Å². The van der Waals surface area contributed by atoms with Gasteiger partial charge in [0, 0.05) is 18.4 Å². The maximum atomic E-state index is 13.0. The first-order chi connectivity index (χ1) is 19.2. The molecule has 0 saturated heterocycles. The van der Waals surface area contributed by atoms with E-state index in [4.69, 9.17) is 4.55 Å². The van der Waals surface area contributed by atoms with Crippen LogP contribution in [0.15, 0.2) is 64.4 Å². The second kappa shape index (κ2) is 11.9. The van der Waals surface area contributed by atoms with E-state index >= 15 is 0 Å². The van der Waals surface area contributed by atoms with Crippen LogP contribution < -0.4 is 15.4 Å². The number of hydrogen-bond acceptors (Lipinski definition) is 9. The number of hydrogen-bond donors (Lipinski definition) is 3. The zero-order valence-corrected chi connectivity index (χ0v) is 22.4. The van der Waals surface area contributed by atoms with Crippen molar-refractivity contribution < 1.29 is 43.9 Å². The topological polar surface area (TPSA) is 143 Å².